The Bertz CT molecular complexity index is 429. The van der Waals surface area contributed by atoms with Crippen LogP contribution in [0.5, 0.6) is 0 Å². The maximum Gasteiger partial charge on any atom is 0.328 e. The normalized spacial score (nSPS) is 19.1. The molecule has 1 fully saturated rings. The highest BCUT2D eigenvalue weighted by atomic mass is 16.5. The monoisotopic (exact) mass is 282 g/mol. The minimum Gasteiger partial charge on any atom is -0.467 e. The van der Waals surface area contributed by atoms with E-state index in [0.717, 1.165) is 6.42 Å². The highest BCUT2D eigenvalue weighted by Crippen LogP contribution is 2.20. The number of nitrogens with zero attached hydrogens (tertiary/aromatic N) is 1. The fraction of sp³-hybridized carbons (Fsp3) is 0.643. The molecule has 6 heteroatoms. The first kappa shape index (κ1) is 16.2. The van der Waals surface area contributed by atoms with Crippen molar-refractivity contribution in [1.29, 1.82) is 0 Å². The van der Waals surface area contributed by atoms with E-state index in [1.165, 1.54) is 18.9 Å². The van der Waals surface area contributed by atoms with Gasteiger partial charge in [0.1, 0.15) is 11.7 Å². The van der Waals surface area contributed by atoms with Crippen LogP contribution in [0.1, 0.15) is 33.6 Å². The van der Waals surface area contributed by atoms with Crippen LogP contribution in [0.15, 0.2) is 11.8 Å². The summed E-state index contributed by atoms with van der Waals surface area (Å²) in [5.41, 5.74) is 0.225. The molecule has 112 valence electrons. The summed E-state index contributed by atoms with van der Waals surface area (Å²) in [4.78, 5) is 36.8. The number of likely N-dealkylation sites (tertiary alicyclic amines) is 1. The molecule has 1 aliphatic heterocycles. The number of ether oxygens (including phenoxy) is 1. The Balaban J connectivity index is 2.94. The Morgan fingerprint density at radius 2 is 2.00 bits per heavy atom. The second kappa shape index (κ2) is 7.07. The molecule has 0 radical (unpaired) electrons. The number of hydrogen-bond donors (Lipinski definition) is 1. The summed E-state index contributed by atoms with van der Waals surface area (Å²) in [6, 6.07) is -0.558. The van der Waals surface area contributed by atoms with E-state index in [1.54, 1.807) is 6.08 Å². The van der Waals surface area contributed by atoms with Gasteiger partial charge in [0.25, 0.3) is 5.91 Å². The van der Waals surface area contributed by atoms with Gasteiger partial charge in [-0.2, -0.15) is 0 Å². The molecule has 1 saturated heterocycles. The minimum absolute atomic E-state index is 0.111. The molecule has 0 unspecified atom stereocenters. The topological polar surface area (TPSA) is 75.7 Å². The smallest absolute Gasteiger partial charge is 0.328 e. The van der Waals surface area contributed by atoms with Gasteiger partial charge in [-0.15, -0.1) is 0 Å². The maximum atomic E-state index is 12.5. The van der Waals surface area contributed by atoms with Crippen LogP contribution in [0.25, 0.3) is 0 Å². The van der Waals surface area contributed by atoms with Crippen molar-refractivity contribution < 1.29 is 19.1 Å². The zero-order valence-electron chi connectivity index (χ0n) is 12.4. The third-order valence-electron chi connectivity index (χ3n) is 3.03. The van der Waals surface area contributed by atoms with Crippen molar-refractivity contribution in [2.24, 2.45) is 5.92 Å². The van der Waals surface area contributed by atoms with Gasteiger partial charge < -0.3 is 15.0 Å². The number of carbonyl (C=O) groups is 3. The molecule has 1 heterocycles. The summed E-state index contributed by atoms with van der Waals surface area (Å²) >= 11 is 0. The number of rotatable bonds is 4. The zero-order valence-corrected chi connectivity index (χ0v) is 12.4. The fourth-order valence-electron chi connectivity index (χ4n) is 2.23. The van der Waals surface area contributed by atoms with Crippen LogP contribution in [0.3, 0.4) is 0 Å². The Kier molecular flexibility index (Phi) is 5.73. The Morgan fingerprint density at radius 1 is 1.35 bits per heavy atom. The van der Waals surface area contributed by atoms with Gasteiger partial charge in [-0.3, -0.25) is 9.59 Å². The van der Waals surface area contributed by atoms with E-state index in [-0.39, 0.29) is 23.4 Å². The molecule has 1 aliphatic rings. The third-order valence-corrected chi connectivity index (χ3v) is 3.03. The highest BCUT2D eigenvalue weighted by molar-refractivity contribution is 5.99. The minimum atomic E-state index is -0.558. The molecule has 0 aromatic rings. The predicted molar refractivity (Wildman–Crippen MR) is 73.5 cm³/mol. The van der Waals surface area contributed by atoms with E-state index in [9.17, 15) is 14.4 Å². The van der Waals surface area contributed by atoms with E-state index >= 15 is 0 Å². The van der Waals surface area contributed by atoms with Crippen LogP contribution in [0, 0.1) is 5.92 Å². The summed E-state index contributed by atoms with van der Waals surface area (Å²) in [7, 11) is 1.31. The van der Waals surface area contributed by atoms with Crippen LogP contribution in [0.4, 0.5) is 0 Å². The summed E-state index contributed by atoms with van der Waals surface area (Å²) < 4.78 is 4.72. The van der Waals surface area contributed by atoms with Crippen LogP contribution in [-0.4, -0.2) is 42.4 Å². The average Bonchev–Trinajstić information content (AvgIpc) is 2.84. The molecule has 1 N–H and O–H groups in total. The largest absolute Gasteiger partial charge is 0.467 e. The number of amides is 2. The molecule has 0 bridgehead atoms. The molecule has 0 aromatic heterocycles. The van der Waals surface area contributed by atoms with Crippen molar-refractivity contribution >= 4 is 17.8 Å². The molecule has 6 nitrogen and oxygen atoms in total. The van der Waals surface area contributed by atoms with E-state index in [2.05, 4.69) is 5.32 Å². The lowest BCUT2D eigenvalue weighted by atomic mass is 10.1. The van der Waals surface area contributed by atoms with Gasteiger partial charge in [-0.25, -0.2) is 4.79 Å². The Morgan fingerprint density at radius 3 is 2.50 bits per heavy atom. The van der Waals surface area contributed by atoms with Gasteiger partial charge in [0.2, 0.25) is 5.91 Å². The van der Waals surface area contributed by atoms with E-state index in [1.807, 2.05) is 13.8 Å². The SMILES string of the molecule is COC(=O)[C@H]1CCCN1C(=O)/C(=C/C(C)C)NC(C)=O. The predicted octanol–water partition coefficient (Wildman–Crippen LogP) is 0.826. The number of allylic oxidation sites excluding steroid dienone is 1. The van der Waals surface area contributed by atoms with Crippen LogP contribution < -0.4 is 5.32 Å². The lowest BCUT2D eigenvalue weighted by Gasteiger charge is -2.24. The first-order valence-corrected chi connectivity index (χ1v) is 6.75. The fourth-order valence-corrected chi connectivity index (χ4v) is 2.23. The molecular formula is C14H22N2O4. The summed E-state index contributed by atoms with van der Waals surface area (Å²) in [6.45, 7) is 5.67. The molecule has 0 spiro atoms. The number of nitrogens with one attached hydrogen (secondary N) is 1. The highest BCUT2D eigenvalue weighted by Gasteiger charge is 2.36. The average molecular weight is 282 g/mol. The van der Waals surface area contributed by atoms with Crippen molar-refractivity contribution in [3.63, 3.8) is 0 Å². The molecule has 1 rings (SSSR count). The summed E-state index contributed by atoms with van der Waals surface area (Å²) in [5, 5.41) is 2.54. The second-order valence-corrected chi connectivity index (χ2v) is 5.19. The molecule has 1 atom stereocenters. The number of carbonyl (C=O) groups excluding carboxylic acids is 3. The van der Waals surface area contributed by atoms with Crippen LogP contribution >= 0.6 is 0 Å². The molecule has 0 aliphatic carbocycles. The standard InChI is InChI=1S/C14H22N2O4/c1-9(2)8-11(15-10(3)17)13(18)16-7-5-6-12(16)14(19)20-4/h8-9,12H,5-7H2,1-4H3,(H,15,17)/b11-8-/t12-/m1/s1. The summed E-state index contributed by atoms with van der Waals surface area (Å²) in [6.07, 6.45) is 3.03. The van der Waals surface area contributed by atoms with Crippen molar-refractivity contribution in [3.05, 3.63) is 11.8 Å². The van der Waals surface area contributed by atoms with Crippen molar-refractivity contribution in [1.82, 2.24) is 10.2 Å². The van der Waals surface area contributed by atoms with Crippen molar-refractivity contribution in [2.45, 2.75) is 39.7 Å². The zero-order chi connectivity index (χ0) is 15.3. The molecule has 0 saturated carbocycles. The van der Waals surface area contributed by atoms with Crippen LogP contribution in [-0.2, 0) is 19.1 Å². The van der Waals surface area contributed by atoms with Gasteiger partial charge >= 0.3 is 5.97 Å². The number of methoxy groups -OCH3 is 1. The maximum absolute atomic E-state index is 12.5. The molecule has 20 heavy (non-hydrogen) atoms. The second-order valence-electron chi connectivity index (χ2n) is 5.19. The summed E-state index contributed by atoms with van der Waals surface area (Å²) in [5.74, 6) is -0.941. The number of esters is 1. The van der Waals surface area contributed by atoms with Crippen molar-refractivity contribution in [3.8, 4) is 0 Å². The lowest BCUT2D eigenvalue weighted by molar-refractivity contribution is -0.150. The first-order chi connectivity index (χ1) is 9.36. The van der Waals surface area contributed by atoms with Gasteiger partial charge in [0.05, 0.1) is 7.11 Å². The Hall–Kier alpha value is -1.85. The number of hydrogen-bond acceptors (Lipinski definition) is 4. The molecule has 2 amide bonds. The van der Waals surface area contributed by atoms with Gasteiger partial charge in [-0.1, -0.05) is 19.9 Å². The van der Waals surface area contributed by atoms with Crippen molar-refractivity contribution in [2.75, 3.05) is 13.7 Å². The third kappa shape index (κ3) is 4.08. The molecule has 0 aromatic carbocycles. The van der Waals surface area contributed by atoms with E-state index in [4.69, 9.17) is 4.74 Å². The Labute approximate surface area is 119 Å². The van der Waals surface area contributed by atoms with E-state index < -0.39 is 12.0 Å². The van der Waals surface area contributed by atoms with Crippen LogP contribution in [0.2, 0.25) is 0 Å². The van der Waals surface area contributed by atoms with Gasteiger partial charge in [0, 0.05) is 13.5 Å². The lowest BCUT2D eigenvalue weighted by Crippen LogP contribution is -2.44. The van der Waals surface area contributed by atoms with Gasteiger partial charge in [-0.05, 0) is 18.8 Å². The molecular weight excluding hydrogens is 260 g/mol. The first-order valence-electron chi connectivity index (χ1n) is 6.75. The van der Waals surface area contributed by atoms with Gasteiger partial charge in [0.15, 0.2) is 0 Å². The quantitative estimate of drug-likeness (QED) is 0.612. The van der Waals surface area contributed by atoms with E-state index in [0.29, 0.717) is 13.0 Å².